The largest absolute Gasteiger partial charge is 0.310 e. The number of piperidine rings is 1. The molecular weight excluding hydrogens is 264 g/mol. The molecule has 0 radical (unpaired) electrons. The molecule has 0 amide bonds. The summed E-state index contributed by atoms with van der Waals surface area (Å²) < 4.78 is 0. The summed E-state index contributed by atoms with van der Waals surface area (Å²) in [6.07, 6.45) is 4.82. The summed E-state index contributed by atoms with van der Waals surface area (Å²) in [5, 5.41) is 3.33. The second kappa shape index (κ2) is 5.89. The molecule has 116 valence electrons. The maximum atomic E-state index is 11.9. The highest BCUT2D eigenvalue weighted by molar-refractivity contribution is 5.10. The van der Waals surface area contributed by atoms with E-state index in [2.05, 4.69) is 36.1 Å². The van der Waals surface area contributed by atoms with E-state index in [1.165, 1.54) is 12.8 Å². The minimum absolute atomic E-state index is 0.0215. The van der Waals surface area contributed by atoms with E-state index in [0.29, 0.717) is 30.6 Å². The lowest BCUT2D eigenvalue weighted by Gasteiger charge is -2.35. The minimum atomic E-state index is -0.0215. The second-order valence-electron chi connectivity index (χ2n) is 6.88. The maximum Gasteiger partial charge on any atom is 0.251 e. The van der Waals surface area contributed by atoms with Crippen LogP contribution in [0, 0.1) is 0 Å². The van der Waals surface area contributed by atoms with Crippen LogP contribution in [0.2, 0.25) is 0 Å². The lowest BCUT2D eigenvalue weighted by atomic mass is 9.90. The number of nitrogens with one attached hydrogen (secondary N) is 2. The SMILES string of the molecule is CC(C)NCc1cc(=O)[nH]c(C2CC3CCC(C2)N3C)n1. The Balaban J connectivity index is 1.77. The van der Waals surface area contributed by atoms with Crippen molar-refractivity contribution >= 4 is 0 Å². The van der Waals surface area contributed by atoms with Gasteiger partial charge in [0.2, 0.25) is 0 Å². The summed E-state index contributed by atoms with van der Waals surface area (Å²) in [7, 11) is 2.23. The molecule has 2 aliphatic rings. The van der Waals surface area contributed by atoms with Crippen molar-refractivity contribution in [1.82, 2.24) is 20.2 Å². The van der Waals surface area contributed by atoms with Crippen LogP contribution in [-0.4, -0.2) is 40.0 Å². The van der Waals surface area contributed by atoms with Gasteiger partial charge in [0.25, 0.3) is 5.56 Å². The molecule has 21 heavy (non-hydrogen) atoms. The average Bonchev–Trinajstić information content (AvgIpc) is 2.65. The topological polar surface area (TPSA) is 61.0 Å². The molecule has 3 heterocycles. The van der Waals surface area contributed by atoms with Gasteiger partial charge in [0.15, 0.2) is 0 Å². The highest BCUT2D eigenvalue weighted by atomic mass is 16.1. The Kier molecular flexibility index (Phi) is 4.13. The molecule has 0 spiro atoms. The molecule has 0 aromatic carbocycles. The maximum absolute atomic E-state index is 11.9. The molecule has 3 rings (SSSR count). The van der Waals surface area contributed by atoms with Crippen LogP contribution in [0.3, 0.4) is 0 Å². The first-order valence-corrected chi connectivity index (χ1v) is 8.08. The van der Waals surface area contributed by atoms with Crippen LogP contribution < -0.4 is 10.9 Å². The molecule has 2 aliphatic heterocycles. The van der Waals surface area contributed by atoms with E-state index in [1.54, 1.807) is 6.07 Å². The number of rotatable bonds is 4. The lowest BCUT2D eigenvalue weighted by Crippen LogP contribution is -2.39. The Hall–Kier alpha value is -1.20. The summed E-state index contributed by atoms with van der Waals surface area (Å²) in [5.41, 5.74) is 0.834. The zero-order valence-corrected chi connectivity index (χ0v) is 13.2. The Morgan fingerprint density at radius 1 is 1.38 bits per heavy atom. The number of aromatic nitrogens is 2. The smallest absolute Gasteiger partial charge is 0.251 e. The van der Waals surface area contributed by atoms with Gasteiger partial charge < -0.3 is 15.2 Å². The molecule has 1 aromatic heterocycles. The molecule has 2 N–H and O–H groups in total. The van der Waals surface area contributed by atoms with Gasteiger partial charge in [0, 0.05) is 36.7 Å². The van der Waals surface area contributed by atoms with Crippen molar-refractivity contribution in [2.24, 2.45) is 0 Å². The van der Waals surface area contributed by atoms with E-state index >= 15 is 0 Å². The first kappa shape index (κ1) is 14.7. The zero-order valence-electron chi connectivity index (χ0n) is 13.2. The van der Waals surface area contributed by atoms with Crippen LogP contribution in [0.1, 0.15) is 57.0 Å². The summed E-state index contributed by atoms with van der Waals surface area (Å²) >= 11 is 0. The van der Waals surface area contributed by atoms with Gasteiger partial charge in [-0.05, 0) is 32.7 Å². The molecule has 5 nitrogen and oxygen atoms in total. The van der Waals surface area contributed by atoms with Gasteiger partial charge in [0.05, 0.1) is 5.69 Å². The highest BCUT2D eigenvalue weighted by Gasteiger charge is 2.39. The third kappa shape index (κ3) is 3.19. The molecule has 0 saturated carbocycles. The lowest BCUT2D eigenvalue weighted by molar-refractivity contribution is 0.158. The predicted octanol–water partition coefficient (Wildman–Crippen LogP) is 1.61. The Morgan fingerprint density at radius 2 is 2.05 bits per heavy atom. The Bertz CT molecular complexity index is 539. The van der Waals surface area contributed by atoms with Crippen LogP contribution >= 0.6 is 0 Å². The fraction of sp³-hybridized carbons (Fsp3) is 0.750. The summed E-state index contributed by atoms with van der Waals surface area (Å²) in [6, 6.07) is 3.34. The van der Waals surface area contributed by atoms with E-state index in [0.717, 1.165) is 24.4 Å². The van der Waals surface area contributed by atoms with Gasteiger partial charge in [-0.15, -0.1) is 0 Å². The zero-order chi connectivity index (χ0) is 15.0. The van der Waals surface area contributed by atoms with Gasteiger partial charge in [-0.25, -0.2) is 4.98 Å². The van der Waals surface area contributed by atoms with E-state index in [9.17, 15) is 4.79 Å². The predicted molar refractivity (Wildman–Crippen MR) is 83.4 cm³/mol. The van der Waals surface area contributed by atoms with Crippen molar-refractivity contribution in [2.45, 2.75) is 70.1 Å². The van der Waals surface area contributed by atoms with Crippen LogP contribution in [0.15, 0.2) is 10.9 Å². The Morgan fingerprint density at radius 3 is 2.67 bits per heavy atom. The van der Waals surface area contributed by atoms with Crippen LogP contribution in [0.5, 0.6) is 0 Å². The standard InChI is InChI=1S/C16H26N4O/c1-10(2)17-9-12-8-15(21)19-16(18-12)11-6-13-4-5-14(7-11)20(13)3/h8,10-11,13-14,17H,4-7,9H2,1-3H3,(H,18,19,21). The van der Waals surface area contributed by atoms with Crippen LogP contribution in [0.25, 0.3) is 0 Å². The fourth-order valence-corrected chi connectivity index (χ4v) is 3.76. The van der Waals surface area contributed by atoms with Crippen molar-refractivity contribution in [3.05, 3.63) is 27.9 Å². The number of fused-ring (bicyclic) bond motifs is 2. The van der Waals surface area contributed by atoms with Gasteiger partial charge in [-0.1, -0.05) is 13.8 Å². The van der Waals surface area contributed by atoms with Gasteiger partial charge in [-0.3, -0.25) is 4.79 Å². The molecule has 2 bridgehead atoms. The Labute approximate surface area is 126 Å². The van der Waals surface area contributed by atoms with Crippen molar-refractivity contribution in [2.75, 3.05) is 7.05 Å². The summed E-state index contributed by atoms with van der Waals surface area (Å²) in [6.45, 7) is 4.86. The molecule has 5 heteroatoms. The second-order valence-corrected chi connectivity index (χ2v) is 6.88. The molecule has 2 saturated heterocycles. The van der Waals surface area contributed by atoms with Crippen molar-refractivity contribution in [3.63, 3.8) is 0 Å². The number of H-pyrrole nitrogens is 1. The van der Waals surface area contributed by atoms with Crippen LogP contribution in [-0.2, 0) is 6.54 Å². The summed E-state index contributed by atoms with van der Waals surface area (Å²) in [5.74, 6) is 1.30. The quantitative estimate of drug-likeness (QED) is 0.884. The fourth-order valence-electron chi connectivity index (χ4n) is 3.76. The third-order valence-corrected chi connectivity index (χ3v) is 4.99. The molecule has 2 unspecified atom stereocenters. The van der Waals surface area contributed by atoms with Crippen LogP contribution in [0.4, 0.5) is 0 Å². The highest BCUT2D eigenvalue weighted by Crippen LogP contribution is 2.40. The number of aromatic amines is 1. The molecule has 2 atom stereocenters. The van der Waals surface area contributed by atoms with Crippen molar-refractivity contribution in [1.29, 1.82) is 0 Å². The number of nitrogens with zero attached hydrogens (tertiary/aromatic N) is 2. The van der Waals surface area contributed by atoms with E-state index in [-0.39, 0.29) is 5.56 Å². The summed E-state index contributed by atoms with van der Waals surface area (Å²) in [4.78, 5) is 22.1. The molecule has 2 fully saturated rings. The van der Waals surface area contributed by atoms with Crippen molar-refractivity contribution in [3.8, 4) is 0 Å². The van der Waals surface area contributed by atoms with Crippen molar-refractivity contribution < 1.29 is 0 Å². The van der Waals surface area contributed by atoms with Gasteiger partial charge in [-0.2, -0.15) is 0 Å². The average molecular weight is 290 g/mol. The van der Waals surface area contributed by atoms with E-state index < -0.39 is 0 Å². The number of hydrogen-bond acceptors (Lipinski definition) is 4. The molecule has 1 aromatic rings. The van der Waals surface area contributed by atoms with Gasteiger partial charge >= 0.3 is 0 Å². The monoisotopic (exact) mass is 290 g/mol. The minimum Gasteiger partial charge on any atom is -0.310 e. The third-order valence-electron chi connectivity index (χ3n) is 4.99. The number of hydrogen-bond donors (Lipinski definition) is 2. The first-order valence-electron chi connectivity index (χ1n) is 8.08. The van der Waals surface area contributed by atoms with E-state index in [4.69, 9.17) is 4.98 Å². The van der Waals surface area contributed by atoms with E-state index in [1.807, 2.05) is 0 Å². The first-order chi connectivity index (χ1) is 10.0. The van der Waals surface area contributed by atoms with Gasteiger partial charge in [0.1, 0.15) is 5.82 Å². The normalized spacial score (nSPS) is 29.2. The molecular formula is C16H26N4O. The molecule has 0 aliphatic carbocycles.